The Balaban J connectivity index is 2.35. The Morgan fingerprint density at radius 3 is 2.80 bits per heavy atom. The molecule has 0 spiro atoms. The van der Waals surface area contributed by atoms with Crippen LogP contribution in [0.5, 0.6) is 5.75 Å². The van der Waals surface area contributed by atoms with Gasteiger partial charge in [0.15, 0.2) is 0 Å². The summed E-state index contributed by atoms with van der Waals surface area (Å²) < 4.78 is 6.47. The van der Waals surface area contributed by atoms with E-state index in [4.69, 9.17) is 15.6 Å². The number of hydrogen-bond donors (Lipinski definition) is 2. The Kier molecular flexibility index (Phi) is 3.69. The molecule has 0 aliphatic carbocycles. The van der Waals surface area contributed by atoms with Crippen molar-refractivity contribution < 1.29 is 14.6 Å². The standard InChI is InChI=1S/C13H14N4O3/c1-8-7-17(13(14)16-8)15-6-9-3-10(12(18)19)5-11(4-9)20-2/h3-7H,1-2H3,(H2,14,16)(H,18,19). The second-order valence-electron chi connectivity index (χ2n) is 4.13. The Morgan fingerprint density at radius 2 is 2.25 bits per heavy atom. The van der Waals surface area contributed by atoms with Crippen molar-refractivity contribution in [2.75, 3.05) is 12.8 Å². The minimum atomic E-state index is -1.03. The molecule has 0 fully saturated rings. The van der Waals surface area contributed by atoms with E-state index in [1.165, 1.54) is 30.1 Å². The normalized spacial score (nSPS) is 10.9. The van der Waals surface area contributed by atoms with E-state index in [0.29, 0.717) is 11.3 Å². The molecule has 3 N–H and O–H groups in total. The number of aryl methyl sites for hydroxylation is 1. The maximum absolute atomic E-state index is 11.0. The van der Waals surface area contributed by atoms with Crippen LogP contribution in [-0.2, 0) is 0 Å². The largest absolute Gasteiger partial charge is 0.497 e. The molecule has 0 radical (unpaired) electrons. The summed E-state index contributed by atoms with van der Waals surface area (Å²) in [6.07, 6.45) is 3.16. The highest BCUT2D eigenvalue weighted by atomic mass is 16.5. The van der Waals surface area contributed by atoms with Crippen molar-refractivity contribution in [2.45, 2.75) is 6.92 Å². The van der Waals surface area contributed by atoms with Crippen LogP contribution < -0.4 is 10.5 Å². The lowest BCUT2D eigenvalue weighted by atomic mass is 10.1. The van der Waals surface area contributed by atoms with Gasteiger partial charge in [0.2, 0.25) is 5.95 Å². The maximum atomic E-state index is 11.0. The summed E-state index contributed by atoms with van der Waals surface area (Å²) >= 11 is 0. The molecule has 2 aromatic rings. The van der Waals surface area contributed by atoms with Crippen molar-refractivity contribution in [3.8, 4) is 5.75 Å². The summed E-state index contributed by atoms with van der Waals surface area (Å²) in [7, 11) is 1.47. The minimum Gasteiger partial charge on any atom is -0.497 e. The van der Waals surface area contributed by atoms with Gasteiger partial charge in [-0.2, -0.15) is 5.10 Å². The van der Waals surface area contributed by atoms with E-state index >= 15 is 0 Å². The van der Waals surface area contributed by atoms with Gasteiger partial charge in [-0.25, -0.2) is 14.5 Å². The molecule has 20 heavy (non-hydrogen) atoms. The topological polar surface area (TPSA) is 103 Å². The first-order valence-corrected chi connectivity index (χ1v) is 5.78. The predicted molar refractivity (Wildman–Crippen MR) is 74.3 cm³/mol. The number of ether oxygens (including phenoxy) is 1. The molecule has 0 bridgehead atoms. The smallest absolute Gasteiger partial charge is 0.335 e. The third-order valence-corrected chi connectivity index (χ3v) is 2.58. The zero-order valence-corrected chi connectivity index (χ0v) is 11.1. The van der Waals surface area contributed by atoms with E-state index in [1.54, 1.807) is 19.2 Å². The summed E-state index contributed by atoms with van der Waals surface area (Å²) in [6.45, 7) is 1.80. The number of imidazole rings is 1. The van der Waals surface area contributed by atoms with Gasteiger partial charge in [0.05, 0.1) is 30.8 Å². The van der Waals surface area contributed by atoms with E-state index in [9.17, 15) is 4.79 Å². The van der Waals surface area contributed by atoms with Crippen LogP contribution in [0.25, 0.3) is 0 Å². The second kappa shape index (κ2) is 5.43. The Bertz CT molecular complexity index is 676. The Hall–Kier alpha value is -2.83. The number of nitrogen functional groups attached to an aromatic ring is 1. The first-order valence-electron chi connectivity index (χ1n) is 5.78. The molecule has 0 saturated carbocycles. The number of rotatable bonds is 4. The van der Waals surface area contributed by atoms with Gasteiger partial charge in [0.25, 0.3) is 0 Å². The monoisotopic (exact) mass is 274 g/mol. The van der Waals surface area contributed by atoms with E-state index in [1.807, 2.05) is 0 Å². The van der Waals surface area contributed by atoms with Gasteiger partial charge in [-0.15, -0.1) is 0 Å². The minimum absolute atomic E-state index is 0.126. The van der Waals surface area contributed by atoms with Crippen LogP contribution in [0.1, 0.15) is 21.6 Å². The average molecular weight is 274 g/mol. The summed E-state index contributed by atoms with van der Waals surface area (Å²) in [5.74, 6) is -0.322. The van der Waals surface area contributed by atoms with Crippen LogP contribution in [0.4, 0.5) is 5.95 Å². The molecule has 1 aromatic carbocycles. The molecule has 1 aromatic heterocycles. The van der Waals surface area contributed by atoms with E-state index < -0.39 is 5.97 Å². The van der Waals surface area contributed by atoms with Crippen LogP contribution in [-0.4, -0.2) is 34.1 Å². The summed E-state index contributed by atoms with van der Waals surface area (Å²) in [5, 5.41) is 13.2. The summed E-state index contributed by atoms with van der Waals surface area (Å²) in [5.41, 5.74) is 7.12. The molecular formula is C13H14N4O3. The number of methoxy groups -OCH3 is 1. The molecule has 0 atom stereocenters. The van der Waals surface area contributed by atoms with Crippen LogP contribution in [0, 0.1) is 6.92 Å². The van der Waals surface area contributed by atoms with Gasteiger partial charge in [-0.3, -0.25) is 0 Å². The number of benzene rings is 1. The molecule has 2 rings (SSSR count). The molecule has 0 unspecified atom stereocenters. The van der Waals surface area contributed by atoms with Crippen LogP contribution in [0.3, 0.4) is 0 Å². The fourth-order valence-corrected chi connectivity index (χ4v) is 1.66. The number of hydrogen-bond acceptors (Lipinski definition) is 5. The van der Waals surface area contributed by atoms with Gasteiger partial charge in [0.1, 0.15) is 5.75 Å². The SMILES string of the molecule is COc1cc(C=Nn2cc(C)nc2N)cc(C(=O)O)c1. The van der Waals surface area contributed by atoms with Gasteiger partial charge in [0, 0.05) is 0 Å². The van der Waals surface area contributed by atoms with Crippen molar-refractivity contribution in [1.29, 1.82) is 0 Å². The molecule has 0 aliphatic rings. The molecule has 7 nitrogen and oxygen atoms in total. The lowest BCUT2D eigenvalue weighted by molar-refractivity contribution is 0.0696. The lowest BCUT2D eigenvalue weighted by Crippen LogP contribution is -2.00. The van der Waals surface area contributed by atoms with Crippen LogP contribution >= 0.6 is 0 Å². The number of aromatic carboxylic acids is 1. The van der Waals surface area contributed by atoms with Crippen molar-refractivity contribution in [1.82, 2.24) is 9.66 Å². The molecule has 1 heterocycles. The molecular weight excluding hydrogens is 260 g/mol. The second-order valence-corrected chi connectivity index (χ2v) is 4.13. The van der Waals surface area contributed by atoms with Gasteiger partial charge < -0.3 is 15.6 Å². The quantitative estimate of drug-likeness (QED) is 0.819. The van der Waals surface area contributed by atoms with E-state index in [-0.39, 0.29) is 11.5 Å². The van der Waals surface area contributed by atoms with E-state index in [0.717, 1.165) is 5.69 Å². The number of nitrogens with two attached hydrogens (primary N) is 1. The van der Waals surface area contributed by atoms with Gasteiger partial charge in [-0.05, 0) is 30.7 Å². The van der Waals surface area contributed by atoms with Gasteiger partial charge >= 0.3 is 5.97 Å². The first kappa shape index (κ1) is 13.6. The van der Waals surface area contributed by atoms with Crippen molar-refractivity contribution in [3.05, 3.63) is 41.2 Å². The van der Waals surface area contributed by atoms with Crippen molar-refractivity contribution in [3.63, 3.8) is 0 Å². The fraction of sp³-hybridized carbons (Fsp3) is 0.154. The lowest BCUT2D eigenvalue weighted by Gasteiger charge is -2.03. The summed E-state index contributed by atoms with van der Waals surface area (Å²) in [6, 6.07) is 4.61. The number of aromatic nitrogens is 2. The summed E-state index contributed by atoms with van der Waals surface area (Å²) in [4.78, 5) is 15.0. The first-order chi connectivity index (χ1) is 9.49. The van der Waals surface area contributed by atoms with E-state index in [2.05, 4.69) is 10.1 Å². The van der Waals surface area contributed by atoms with Crippen molar-refractivity contribution in [2.24, 2.45) is 5.10 Å². The molecule has 0 amide bonds. The highest BCUT2D eigenvalue weighted by Gasteiger charge is 2.06. The highest BCUT2D eigenvalue weighted by Crippen LogP contribution is 2.16. The van der Waals surface area contributed by atoms with Crippen molar-refractivity contribution >= 4 is 18.1 Å². The zero-order valence-electron chi connectivity index (χ0n) is 11.1. The van der Waals surface area contributed by atoms with Crippen LogP contribution in [0.2, 0.25) is 0 Å². The molecule has 7 heteroatoms. The van der Waals surface area contributed by atoms with Crippen LogP contribution in [0.15, 0.2) is 29.5 Å². The number of nitrogens with zero attached hydrogens (tertiary/aromatic N) is 3. The third-order valence-electron chi connectivity index (χ3n) is 2.58. The molecule has 0 aliphatic heterocycles. The third kappa shape index (κ3) is 2.94. The number of anilines is 1. The Morgan fingerprint density at radius 1 is 1.50 bits per heavy atom. The average Bonchev–Trinajstić information content (AvgIpc) is 2.74. The zero-order chi connectivity index (χ0) is 14.7. The molecule has 0 saturated heterocycles. The fourth-order valence-electron chi connectivity index (χ4n) is 1.66. The van der Waals surface area contributed by atoms with Gasteiger partial charge in [-0.1, -0.05) is 0 Å². The maximum Gasteiger partial charge on any atom is 0.335 e. The predicted octanol–water partition coefficient (Wildman–Crippen LogP) is 1.36. The Labute approximate surface area is 115 Å². The highest BCUT2D eigenvalue weighted by molar-refractivity contribution is 5.91. The molecule has 104 valence electrons. The number of carboxylic acid groups (broad SMARTS) is 1. The number of carboxylic acids is 1. The number of carbonyl (C=O) groups is 1.